The third-order valence-corrected chi connectivity index (χ3v) is 6.00. The molecule has 1 aliphatic carbocycles. The van der Waals surface area contributed by atoms with Crippen LogP contribution in [-0.4, -0.2) is 15.8 Å². The lowest BCUT2D eigenvalue weighted by Gasteiger charge is -2.29. The summed E-state index contributed by atoms with van der Waals surface area (Å²) in [6.07, 6.45) is 12.3. The maximum atomic E-state index is 11.3. The summed E-state index contributed by atoms with van der Waals surface area (Å²) in [5.41, 5.74) is 7.48. The van der Waals surface area contributed by atoms with Crippen molar-refractivity contribution in [2.75, 3.05) is 0 Å². The zero-order chi connectivity index (χ0) is 19.7. The highest BCUT2D eigenvalue weighted by atomic mass is 16.1. The second-order valence-corrected chi connectivity index (χ2v) is 8.32. The Morgan fingerprint density at radius 1 is 1.00 bits per heavy atom. The fourth-order valence-electron chi connectivity index (χ4n) is 4.61. The summed E-state index contributed by atoms with van der Waals surface area (Å²) in [7, 11) is 0. The van der Waals surface area contributed by atoms with Crippen LogP contribution in [0.1, 0.15) is 72.3 Å². The summed E-state index contributed by atoms with van der Waals surface area (Å²) in [6, 6.07) is 9.24. The van der Waals surface area contributed by atoms with Gasteiger partial charge in [-0.3, -0.25) is 4.79 Å². The van der Waals surface area contributed by atoms with Crippen molar-refractivity contribution >= 4 is 22.9 Å². The van der Waals surface area contributed by atoms with Crippen molar-refractivity contribution in [3.63, 3.8) is 0 Å². The molecule has 3 nitrogen and oxygen atoms in total. The first-order chi connectivity index (χ1) is 13.5. The van der Waals surface area contributed by atoms with E-state index in [0.29, 0.717) is 11.8 Å². The quantitative estimate of drug-likeness (QED) is 0.552. The van der Waals surface area contributed by atoms with Crippen LogP contribution in [0.3, 0.4) is 0 Å². The van der Waals surface area contributed by atoms with Gasteiger partial charge in [0.05, 0.1) is 0 Å². The summed E-state index contributed by atoms with van der Waals surface area (Å²) in [4.78, 5) is 19.1. The highest BCUT2D eigenvalue weighted by Crippen LogP contribution is 2.41. The van der Waals surface area contributed by atoms with Crippen molar-refractivity contribution in [1.29, 1.82) is 0 Å². The molecule has 1 N–H and O–H groups in total. The number of benzene rings is 1. The SMILES string of the molecule is CC(=O)/C=C/c1c[nH]c2ncc(C3CCC(c4cc(C)cc(C)c4)CC3)cc12. The van der Waals surface area contributed by atoms with E-state index in [1.54, 1.807) is 13.0 Å². The molecule has 2 aromatic heterocycles. The molecule has 0 saturated heterocycles. The number of pyridine rings is 1. The molecule has 1 saturated carbocycles. The molecule has 1 aliphatic rings. The van der Waals surface area contributed by atoms with E-state index in [1.165, 1.54) is 47.9 Å². The second-order valence-electron chi connectivity index (χ2n) is 8.32. The first kappa shape index (κ1) is 18.7. The Morgan fingerprint density at radius 2 is 1.64 bits per heavy atom. The Kier molecular flexibility index (Phi) is 5.17. The summed E-state index contributed by atoms with van der Waals surface area (Å²) in [5.74, 6) is 1.30. The van der Waals surface area contributed by atoms with Gasteiger partial charge in [0.1, 0.15) is 5.65 Å². The van der Waals surface area contributed by atoms with Crippen LogP contribution < -0.4 is 0 Å². The Hall–Kier alpha value is -2.68. The van der Waals surface area contributed by atoms with Gasteiger partial charge in [0, 0.05) is 23.3 Å². The molecule has 0 aliphatic heterocycles. The number of aryl methyl sites for hydroxylation is 2. The number of ketones is 1. The minimum absolute atomic E-state index is 0.0585. The van der Waals surface area contributed by atoms with Gasteiger partial charge in [0.2, 0.25) is 0 Å². The van der Waals surface area contributed by atoms with Crippen LogP contribution in [0.25, 0.3) is 17.1 Å². The highest BCUT2D eigenvalue weighted by Gasteiger charge is 2.24. The number of allylic oxidation sites excluding steroid dienone is 1. The zero-order valence-electron chi connectivity index (χ0n) is 17.0. The Labute approximate surface area is 166 Å². The van der Waals surface area contributed by atoms with Crippen LogP contribution in [0.2, 0.25) is 0 Å². The first-order valence-electron chi connectivity index (χ1n) is 10.2. The number of H-pyrrole nitrogens is 1. The standard InChI is InChI=1S/C25H28N2O/c1-16-10-17(2)12-22(11-16)19-6-8-20(9-7-19)23-13-24-21(5-4-18(3)28)14-26-25(24)27-15-23/h4-5,10-15,19-20H,6-9H2,1-3H3,(H,26,27)/b5-4+. The molecule has 3 aromatic rings. The van der Waals surface area contributed by atoms with E-state index in [2.05, 4.69) is 48.1 Å². The molecule has 4 rings (SSSR count). The van der Waals surface area contributed by atoms with Gasteiger partial charge in [-0.25, -0.2) is 4.98 Å². The minimum atomic E-state index is 0.0585. The van der Waals surface area contributed by atoms with E-state index in [4.69, 9.17) is 0 Å². The zero-order valence-corrected chi connectivity index (χ0v) is 17.0. The molecule has 1 fully saturated rings. The van der Waals surface area contributed by atoms with Gasteiger partial charge in [-0.2, -0.15) is 0 Å². The van der Waals surface area contributed by atoms with E-state index < -0.39 is 0 Å². The minimum Gasteiger partial charge on any atom is -0.346 e. The van der Waals surface area contributed by atoms with Crippen LogP contribution in [0.5, 0.6) is 0 Å². The molecule has 1 aromatic carbocycles. The molecule has 0 atom stereocenters. The predicted octanol–water partition coefficient (Wildman–Crippen LogP) is 6.22. The average molecular weight is 373 g/mol. The summed E-state index contributed by atoms with van der Waals surface area (Å²) >= 11 is 0. The van der Waals surface area contributed by atoms with E-state index in [1.807, 2.05) is 18.5 Å². The van der Waals surface area contributed by atoms with Crippen LogP contribution in [-0.2, 0) is 4.79 Å². The number of hydrogen-bond donors (Lipinski definition) is 1. The number of nitrogens with zero attached hydrogens (tertiary/aromatic N) is 1. The Balaban J connectivity index is 1.52. The van der Waals surface area contributed by atoms with E-state index in [0.717, 1.165) is 16.6 Å². The van der Waals surface area contributed by atoms with Crippen LogP contribution in [0.4, 0.5) is 0 Å². The number of carbonyl (C=O) groups excluding carboxylic acids is 1. The largest absolute Gasteiger partial charge is 0.346 e. The molecule has 2 heterocycles. The lowest BCUT2D eigenvalue weighted by Crippen LogP contribution is -2.12. The van der Waals surface area contributed by atoms with Crippen molar-refractivity contribution < 1.29 is 4.79 Å². The average Bonchev–Trinajstić information content (AvgIpc) is 3.08. The third-order valence-electron chi connectivity index (χ3n) is 6.00. The van der Waals surface area contributed by atoms with Gasteiger partial charge in [-0.15, -0.1) is 0 Å². The maximum absolute atomic E-state index is 11.3. The molecular weight excluding hydrogens is 344 g/mol. The predicted molar refractivity (Wildman–Crippen MR) is 116 cm³/mol. The molecule has 3 heteroatoms. The fraction of sp³-hybridized carbons (Fsp3) is 0.360. The number of rotatable bonds is 4. The number of carbonyl (C=O) groups is 1. The van der Waals surface area contributed by atoms with Gasteiger partial charge in [-0.05, 0) is 87.6 Å². The summed E-state index contributed by atoms with van der Waals surface area (Å²) in [6.45, 7) is 5.96. The van der Waals surface area contributed by atoms with E-state index >= 15 is 0 Å². The van der Waals surface area contributed by atoms with E-state index in [-0.39, 0.29) is 5.78 Å². The molecule has 0 bridgehead atoms. The number of fused-ring (bicyclic) bond motifs is 1. The van der Waals surface area contributed by atoms with Crippen molar-refractivity contribution in [1.82, 2.24) is 9.97 Å². The lowest BCUT2D eigenvalue weighted by molar-refractivity contribution is -0.112. The van der Waals surface area contributed by atoms with Gasteiger partial charge in [-0.1, -0.05) is 29.3 Å². The molecule has 144 valence electrons. The van der Waals surface area contributed by atoms with Crippen molar-refractivity contribution in [3.05, 3.63) is 70.6 Å². The normalized spacial score (nSPS) is 20.1. The van der Waals surface area contributed by atoms with Crippen molar-refractivity contribution in [2.24, 2.45) is 0 Å². The summed E-state index contributed by atoms with van der Waals surface area (Å²) < 4.78 is 0. The molecular formula is C25H28N2O. The molecule has 0 radical (unpaired) electrons. The maximum Gasteiger partial charge on any atom is 0.152 e. The van der Waals surface area contributed by atoms with Crippen molar-refractivity contribution in [3.8, 4) is 0 Å². The number of aromatic amines is 1. The van der Waals surface area contributed by atoms with Crippen LogP contribution in [0, 0.1) is 13.8 Å². The van der Waals surface area contributed by atoms with Gasteiger partial charge < -0.3 is 4.98 Å². The topological polar surface area (TPSA) is 45.8 Å². The molecule has 0 unspecified atom stereocenters. The Morgan fingerprint density at radius 3 is 2.29 bits per heavy atom. The second kappa shape index (κ2) is 7.75. The molecule has 0 amide bonds. The smallest absolute Gasteiger partial charge is 0.152 e. The molecule has 0 spiro atoms. The number of hydrogen-bond acceptors (Lipinski definition) is 2. The summed E-state index contributed by atoms with van der Waals surface area (Å²) in [5, 5.41) is 1.10. The number of nitrogens with one attached hydrogen (secondary N) is 1. The lowest BCUT2D eigenvalue weighted by atomic mass is 9.76. The van der Waals surface area contributed by atoms with Gasteiger partial charge >= 0.3 is 0 Å². The molecule has 28 heavy (non-hydrogen) atoms. The van der Waals surface area contributed by atoms with Gasteiger partial charge in [0.25, 0.3) is 0 Å². The Bertz CT molecular complexity index is 1020. The van der Waals surface area contributed by atoms with Gasteiger partial charge in [0.15, 0.2) is 5.78 Å². The van der Waals surface area contributed by atoms with Crippen LogP contribution in [0.15, 0.2) is 42.7 Å². The highest BCUT2D eigenvalue weighted by molar-refractivity contribution is 5.95. The fourth-order valence-corrected chi connectivity index (χ4v) is 4.61. The van der Waals surface area contributed by atoms with E-state index in [9.17, 15) is 4.79 Å². The monoisotopic (exact) mass is 372 g/mol. The third kappa shape index (κ3) is 3.94. The first-order valence-corrected chi connectivity index (χ1v) is 10.2. The number of aromatic nitrogens is 2. The van der Waals surface area contributed by atoms with Crippen molar-refractivity contribution in [2.45, 2.75) is 58.3 Å². The van der Waals surface area contributed by atoms with Crippen LogP contribution >= 0.6 is 0 Å².